The van der Waals surface area contributed by atoms with Gasteiger partial charge in [0, 0.05) is 30.0 Å². The van der Waals surface area contributed by atoms with Crippen molar-refractivity contribution in [2.45, 2.75) is 18.9 Å². The summed E-state index contributed by atoms with van der Waals surface area (Å²) in [6, 6.07) is 12.5. The van der Waals surface area contributed by atoms with E-state index in [1.807, 2.05) is 18.2 Å². The lowest BCUT2D eigenvalue weighted by Gasteiger charge is -2.17. The fraction of sp³-hybridized carbons (Fsp3) is 0.364. The van der Waals surface area contributed by atoms with E-state index in [1.165, 1.54) is 0 Å². The van der Waals surface area contributed by atoms with Gasteiger partial charge in [0.1, 0.15) is 0 Å². The molecular weight excluding hydrogens is 386 g/mol. The molecule has 0 spiro atoms. The molecule has 1 saturated heterocycles. The first kappa shape index (κ1) is 21.4. The number of ether oxygens (including phenoxy) is 4. The number of carbonyl (C=O) groups excluding carboxylic acids is 1. The van der Waals surface area contributed by atoms with Gasteiger partial charge in [0.15, 0.2) is 11.5 Å². The van der Waals surface area contributed by atoms with Gasteiger partial charge in [-0.2, -0.15) is 0 Å². The number of rotatable bonds is 7. The zero-order valence-electron chi connectivity index (χ0n) is 17.4. The van der Waals surface area contributed by atoms with Gasteiger partial charge < -0.3 is 24.3 Å². The number of methoxy groups -OCH3 is 3. The minimum absolute atomic E-state index is 0.0513. The van der Waals surface area contributed by atoms with Gasteiger partial charge >= 0.3 is 0 Å². The summed E-state index contributed by atoms with van der Waals surface area (Å²) in [5, 5.41) is 5.99. The summed E-state index contributed by atoms with van der Waals surface area (Å²) in [7, 11) is 4.64. The van der Waals surface area contributed by atoms with E-state index < -0.39 is 0 Å². The third-order valence-electron chi connectivity index (χ3n) is 4.67. The van der Waals surface area contributed by atoms with Crippen LogP contribution in [0, 0.1) is 0 Å². The molecule has 2 aromatic carbocycles. The molecule has 8 nitrogen and oxygen atoms in total. The second-order valence-electron chi connectivity index (χ2n) is 6.68. The summed E-state index contributed by atoms with van der Waals surface area (Å²) in [4.78, 5) is 17.2. The molecule has 1 aliphatic rings. The smallest absolute Gasteiger partial charge is 0.257 e. The molecule has 0 aromatic heterocycles. The molecule has 0 aliphatic carbocycles. The number of nitrogens with zero attached hydrogens (tertiary/aromatic N) is 1. The zero-order chi connectivity index (χ0) is 21.3. The maximum atomic E-state index is 12.7. The van der Waals surface area contributed by atoms with Crippen LogP contribution >= 0.6 is 0 Å². The average molecular weight is 413 g/mol. The summed E-state index contributed by atoms with van der Waals surface area (Å²) in [5.41, 5.74) is 1.16. The molecular formula is C22H27N3O5. The third-order valence-corrected chi connectivity index (χ3v) is 4.67. The van der Waals surface area contributed by atoms with Gasteiger partial charge in [0.2, 0.25) is 11.7 Å². The van der Waals surface area contributed by atoms with Gasteiger partial charge in [-0.25, -0.2) is 4.99 Å². The molecule has 30 heavy (non-hydrogen) atoms. The van der Waals surface area contributed by atoms with Crippen molar-refractivity contribution in [3.8, 4) is 17.2 Å². The second-order valence-corrected chi connectivity index (χ2v) is 6.68. The Kier molecular flexibility index (Phi) is 7.51. The van der Waals surface area contributed by atoms with Crippen LogP contribution in [-0.2, 0) is 4.74 Å². The van der Waals surface area contributed by atoms with Gasteiger partial charge in [0.25, 0.3) is 5.91 Å². The molecule has 160 valence electrons. The molecule has 1 aliphatic heterocycles. The fourth-order valence-corrected chi connectivity index (χ4v) is 3.15. The van der Waals surface area contributed by atoms with E-state index in [-0.39, 0.29) is 12.0 Å². The maximum Gasteiger partial charge on any atom is 0.257 e. The first-order chi connectivity index (χ1) is 14.6. The lowest BCUT2D eigenvalue weighted by molar-refractivity contribution is 0.0975. The van der Waals surface area contributed by atoms with E-state index in [4.69, 9.17) is 18.9 Å². The number of aliphatic imine (C=N–C) groups is 1. The van der Waals surface area contributed by atoms with Crippen LogP contribution in [0.3, 0.4) is 0 Å². The Balaban J connectivity index is 1.84. The van der Waals surface area contributed by atoms with E-state index in [0.29, 0.717) is 41.0 Å². The molecule has 0 saturated carbocycles. The zero-order valence-corrected chi connectivity index (χ0v) is 17.4. The molecule has 2 aromatic rings. The lowest BCUT2D eigenvalue weighted by Crippen LogP contribution is -2.36. The molecule has 1 atom stereocenters. The van der Waals surface area contributed by atoms with Crippen LogP contribution in [0.1, 0.15) is 23.2 Å². The van der Waals surface area contributed by atoms with Crippen molar-refractivity contribution in [2.75, 3.05) is 39.8 Å². The number of hydrogen-bond donors (Lipinski definition) is 2. The van der Waals surface area contributed by atoms with Gasteiger partial charge in [0.05, 0.1) is 34.0 Å². The SMILES string of the molecule is COc1cc(NC(=NC[C@H]2CCCO2)NC(=O)c2ccccc2)cc(OC)c1OC. The van der Waals surface area contributed by atoms with Crippen molar-refractivity contribution in [1.82, 2.24) is 5.32 Å². The molecule has 1 heterocycles. The summed E-state index contributed by atoms with van der Waals surface area (Å²) < 4.78 is 21.8. The minimum atomic E-state index is -0.262. The van der Waals surface area contributed by atoms with Crippen molar-refractivity contribution in [1.29, 1.82) is 0 Å². The Morgan fingerprint density at radius 2 is 1.80 bits per heavy atom. The normalized spacial score (nSPS) is 16.1. The van der Waals surface area contributed by atoms with E-state index in [9.17, 15) is 4.79 Å². The molecule has 1 amide bonds. The molecule has 2 N–H and O–H groups in total. The first-order valence-corrected chi connectivity index (χ1v) is 9.74. The van der Waals surface area contributed by atoms with Crippen molar-refractivity contribution >= 4 is 17.6 Å². The molecule has 3 rings (SSSR count). The first-order valence-electron chi connectivity index (χ1n) is 9.74. The molecule has 0 bridgehead atoms. The Labute approximate surface area is 176 Å². The average Bonchev–Trinajstić information content (AvgIpc) is 3.31. The fourth-order valence-electron chi connectivity index (χ4n) is 3.15. The monoisotopic (exact) mass is 413 g/mol. The number of amides is 1. The van der Waals surface area contributed by atoms with Gasteiger partial charge in [-0.1, -0.05) is 18.2 Å². The Bertz CT molecular complexity index is 855. The quantitative estimate of drug-likeness (QED) is 0.536. The van der Waals surface area contributed by atoms with Gasteiger partial charge in [-0.3, -0.25) is 10.1 Å². The lowest BCUT2D eigenvalue weighted by atomic mass is 10.2. The predicted molar refractivity (Wildman–Crippen MR) is 115 cm³/mol. The van der Waals surface area contributed by atoms with E-state index in [1.54, 1.807) is 45.6 Å². The summed E-state index contributed by atoms with van der Waals surface area (Å²) in [5.74, 6) is 1.52. The van der Waals surface area contributed by atoms with Crippen molar-refractivity contribution < 1.29 is 23.7 Å². The van der Waals surface area contributed by atoms with Crippen molar-refractivity contribution in [3.05, 3.63) is 48.0 Å². The van der Waals surface area contributed by atoms with E-state index in [2.05, 4.69) is 15.6 Å². The highest BCUT2D eigenvalue weighted by Gasteiger charge is 2.18. The highest BCUT2D eigenvalue weighted by molar-refractivity contribution is 6.10. The molecule has 1 fully saturated rings. The minimum Gasteiger partial charge on any atom is -0.493 e. The predicted octanol–water partition coefficient (Wildman–Crippen LogP) is 3.09. The number of benzene rings is 2. The van der Waals surface area contributed by atoms with Crippen LogP contribution in [0.2, 0.25) is 0 Å². The topological polar surface area (TPSA) is 90.4 Å². The van der Waals surface area contributed by atoms with E-state index in [0.717, 1.165) is 19.4 Å². The maximum absolute atomic E-state index is 12.7. The second kappa shape index (κ2) is 10.5. The van der Waals surface area contributed by atoms with Crippen LogP contribution in [-0.4, -0.2) is 52.5 Å². The van der Waals surface area contributed by atoms with E-state index >= 15 is 0 Å². The number of carbonyl (C=O) groups is 1. The van der Waals surface area contributed by atoms with Gasteiger partial charge in [-0.05, 0) is 25.0 Å². The third kappa shape index (κ3) is 5.42. The van der Waals surface area contributed by atoms with Crippen LogP contribution in [0.4, 0.5) is 5.69 Å². The molecule has 0 unspecified atom stereocenters. The highest BCUT2D eigenvalue weighted by atomic mass is 16.5. The summed E-state index contributed by atoms with van der Waals surface area (Å²) in [6.07, 6.45) is 2.02. The number of guanidine groups is 1. The summed E-state index contributed by atoms with van der Waals surface area (Å²) >= 11 is 0. The highest BCUT2D eigenvalue weighted by Crippen LogP contribution is 2.39. The van der Waals surface area contributed by atoms with Crippen LogP contribution < -0.4 is 24.8 Å². The number of anilines is 1. The van der Waals surface area contributed by atoms with Crippen LogP contribution in [0.25, 0.3) is 0 Å². The van der Waals surface area contributed by atoms with Crippen LogP contribution in [0.5, 0.6) is 17.2 Å². The Morgan fingerprint density at radius 1 is 1.10 bits per heavy atom. The molecule has 8 heteroatoms. The Morgan fingerprint density at radius 3 is 2.37 bits per heavy atom. The van der Waals surface area contributed by atoms with Crippen molar-refractivity contribution in [3.63, 3.8) is 0 Å². The van der Waals surface area contributed by atoms with Gasteiger partial charge in [-0.15, -0.1) is 0 Å². The van der Waals surface area contributed by atoms with Crippen molar-refractivity contribution in [2.24, 2.45) is 4.99 Å². The summed E-state index contributed by atoms with van der Waals surface area (Å²) in [6.45, 7) is 1.19. The largest absolute Gasteiger partial charge is 0.493 e. The molecule has 0 radical (unpaired) electrons. The Hall–Kier alpha value is -3.26. The standard InChI is InChI=1S/C22H27N3O5/c1-27-18-12-16(13-19(28-2)20(18)29-3)24-22(23-14-17-10-7-11-30-17)25-21(26)15-8-5-4-6-9-15/h4-6,8-9,12-13,17H,7,10-11,14H2,1-3H3,(H2,23,24,25,26)/t17-/m1/s1. The number of hydrogen-bond acceptors (Lipinski definition) is 6. The van der Waals surface area contributed by atoms with Crippen LogP contribution in [0.15, 0.2) is 47.5 Å². The number of nitrogens with one attached hydrogen (secondary N) is 2.